The fraction of sp³-hybridized carbons (Fsp3) is 0.143. The van der Waals surface area contributed by atoms with Crippen molar-refractivity contribution in [2.75, 3.05) is 11.9 Å². The van der Waals surface area contributed by atoms with Gasteiger partial charge in [0.2, 0.25) is 0 Å². The molecule has 1 unspecified atom stereocenters. The summed E-state index contributed by atoms with van der Waals surface area (Å²) in [7, 11) is 0. The number of rotatable bonds is 4. The number of nitrogens with one attached hydrogen (secondary N) is 1. The van der Waals surface area contributed by atoms with E-state index in [1.807, 2.05) is 0 Å². The van der Waals surface area contributed by atoms with Gasteiger partial charge in [-0.3, -0.25) is 0 Å². The summed E-state index contributed by atoms with van der Waals surface area (Å²) in [5.41, 5.74) is 6.89. The molecular formula is C14H12Cl2F2N2. The Labute approximate surface area is 125 Å². The number of hydrogen-bond acceptors (Lipinski definition) is 2. The molecule has 2 nitrogen and oxygen atoms in total. The minimum absolute atomic E-state index is 0.0139. The second kappa shape index (κ2) is 6.39. The Kier molecular flexibility index (Phi) is 4.81. The molecule has 0 bridgehead atoms. The maximum Gasteiger partial charge on any atom is 0.141 e. The normalized spacial score (nSPS) is 12.2. The van der Waals surface area contributed by atoms with Crippen molar-refractivity contribution in [3.8, 4) is 0 Å². The molecule has 0 fully saturated rings. The molecule has 2 rings (SSSR count). The lowest BCUT2D eigenvalue weighted by molar-refractivity contribution is 0.626. The van der Waals surface area contributed by atoms with Gasteiger partial charge in [0.05, 0.1) is 11.1 Å². The molecule has 6 heteroatoms. The van der Waals surface area contributed by atoms with Gasteiger partial charge >= 0.3 is 0 Å². The van der Waals surface area contributed by atoms with Crippen molar-refractivity contribution in [1.29, 1.82) is 0 Å². The minimum atomic E-state index is -0.500. The van der Waals surface area contributed by atoms with Crippen molar-refractivity contribution in [3.63, 3.8) is 0 Å². The first-order chi connectivity index (χ1) is 9.49. The summed E-state index contributed by atoms with van der Waals surface area (Å²) in [5, 5.41) is 3.33. The lowest BCUT2D eigenvalue weighted by atomic mass is 10.1. The zero-order chi connectivity index (χ0) is 14.7. The van der Waals surface area contributed by atoms with E-state index in [0.29, 0.717) is 11.3 Å². The Bertz CT molecular complexity index is 600. The van der Waals surface area contributed by atoms with Crippen LogP contribution in [0.2, 0.25) is 10.0 Å². The Hall–Kier alpha value is -1.36. The summed E-state index contributed by atoms with van der Waals surface area (Å²) in [6.07, 6.45) is 0. The fourth-order valence-electron chi connectivity index (χ4n) is 1.85. The summed E-state index contributed by atoms with van der Waals surface area (Å²) in [4.78, 5) is 0. The highest BCUT2D eigenvalue weighted by molar-refractivity contribution is 6.31. The molecule has 0 aliphatic rings. The third-order valence-corrected chi connectivity index (χ3v) is 3.29. The first-order valence-electron chi connectivity index (χ1n) is 5.87. The van der Waals surface area contributed by atoms with Gasteiger partial charge in [-0.25, -0.2) is 8.78 Å². The molecule has 2 aromatic rings. The molecule has 0 radical (unpaired) electrons. The van der Waals surface area contributed by atoms with Gasteiger partial charge < -0.3 is 11.1 Å². The molecule has 0 spiro atoms. The topological polar surface area (TPSA) is 38.0 Å². The molecule has 1 atom stereocenters. The van der Waals surface area contributed by atoms with Gasteiger partial charge in [0.1, 0.15) is 11.6 Å². The minimum Gasteiger partial charge on any atom is -0.377 e. The molecule has 0 heterocycles. The predicted molar refractivity (Wildman–Crippen MR) is 78.2 cm³/mol. The van der Waals surface area contributed by atoms with Gasteiger partial charge in [0, 0.05) is 17.3 Å². The number of nitrogens with two attached hydrogens (primary N) is 1. The maximum atomic E-state index is 13.3. The van der Waals surface area contributed by atoms with E-state index in [4.69, 9.17) is 28.9 Å². The average Bonchev–Trinajstić information content (AvgIpc) is 2.38. The van der Waals surface area contributed by atoms with Gasteiger partial charge in [-0.1, -0.05) is 29.3 Å². The van der Waals surface area contributed by atoms with Gasteiger partial charge in [-0.15, -0.1) is 0 Å². The highest BCUT2D eigenvalue weighted by Gasteiger charge is 2.12. The lowest BCUT2D eigenvalue weighted by Crippen LogP contribution is -2.20. The van der Waals surface area contributed by atoms with Crippen LogP contribution in [0, 0.1) is 11.6 Å². The first-order valence-corrected chi connectivity index (χ1v) is 6.63. The number of anilines is 1. The second-order valence-corrected chi connectivity index (χ2v) is 5.11. The molecule has 3 N–H and O–H groups in total. The first kappa shape index (κ1) is 15.0. The highest BCUT2D eigenvalue weighted by atomic mass is 35.5. The van der Waals surface area contributed by atoms with E-state index in [9.17, 15) is 8.78 Å². The van der Waals surface area contributed by atoms with E-state index in [2.05, 4.69) is 5.32 Å². The molecule has 0 saturated heterocycles. The average molecular weight is 317 g/mol. The van der Waals surface area contributed by atoms with E-state index in [0.717, 1.165) is 0 Å². The third kappa shape index (κ3) is 3.60. The molecule has 2 aromatic carbocycles. The molecule has 0 aliphatic heterocycles. The van der Waals surface area contributed by atoms with Crippen LogP contribution in [-0.4, -0.2) is 6.54 Å². The van der Waals surface area contributed by atoms with Crippen molar-refractivity contribution in [1.82, 2.24) is 0 Å². The van der Waals surface area contributed by atoms with Crippen molar-refractivity contribution < 1.29 is 8.78 Å². The molecule has 20 heavy (non-hydrogen) atoms. The summed E-state index contributed by atoms with van der Waals surface area (Å²) in [6.45, 7) is 0.232. The molecule has 0 saturated carbocycles. The number of benzene rings is 2. The largest absolute Gasteiger partial charge is 0.377 e. The van der Waals surface area contributed by atoms with Crippen molar-refractivity contribution in [2.45, 2.75) is 6.04 Å². The van der Waals surface area contributed by atoms with Crippen LogP contribution in [0.3, 0.4) is 0 Å². The van der Waals surface area contributed by atoms with Crippen LogP contribution in [0.15, 0.2) is 36.4 Å². The monoisotopic (exact) mass is 316 g/mol. The van der Waals surface area contributed by atoms with E-state index in [-0.39, 0.29) is 22.6 Å². The van der Waals surface area contributed by atoms with Gasteiger partial charge in [0.25, 0.3) is 0 Å². The van der Waals surface area contributed by atoms with Crippen LogP contribution < -0.4 is 11.1 Å². The Morgan fingerprint density at radius 1 is 1.10 bits per heavy atom. The van der Waals surface area contributed by atoms with Crippen molar-refractivity contribution in [2.24, 2.45) is 5.73 Å². The van der Waals surface area contributed by atoms with Crippen LogP contribution in [-0.2, 0) is 0 Å². The quantitative estimate of drug-likeness (QED) is 0.878. The Morgan fingerprint density at radius 2 is 1.85 bits per heavy atom. The van der Waals surface area contributed by atoms with Gasteiger partial charge in [-0.05, 0) is 35.9 Å². The molecular weight excluding hydrogens is 305 g/mol. The number of hydrogen-bond donors (Lipinski definition) is 2. The number of halogens is 4. The lowest BCUT2D eigenvalue weighted by Gasteiger charge is -2.19. The van der Waals surface area contributed by atoms with Gasteiger partial charge in [-0.2, -0.15) is 0 Å². The fourth-order valence-corrected chi connectivity index (χ4v) is 2.26. The van der Waals surface area contributed by atoms with Crippen LogP contribution in [0.5, 0.6) is 0 Å². The zero-order valence-electron chi connectivity index (χ0n) is 10.3. The predicted octanol–water partition coefficient (Wildman–Crippen LogP) is 4.38. The summed E-state index contributed by atoms with van der Waals surface area (Å²) in [5.74, 6) is -0.951. The van der Waals surface area contributed by atoms with E-state index in [1.165, 1.54) is 24.3 Å². The smallest absolute Gasteiger partial charge is 0.141 e. The van der Waals surface area contributed by atoms with E-state index < -0.39 is 11.6 Å². The van der Waals surface area contributed by atoms with Crippen LogP contribution in [0.1, 0.15) is 11.6 Å². The van der Waals surface area contributed by atoms with Crippen molar-refractivity contribution >= 4 is 28.9 Å². The van der Waals surface area contributed by atoms with Crippen LogP contribution in [0.4, 0.5) is 14.5 Å². The molecule has 0 amide bonds. The summed E-state index contributed by atoms with van der Waals surface area (Å²) >= 11 is 11.5. The Morgan fingerprint density at radius 3 is 2.45 bits per heavy atom. The third-order valence-electron chi connectivity index (χ3n) is 2.79. The van der Waals surface area contributed by atoms with E-state index >= 15 is 0 Å². The highest BCUT2D eigenvalue weighted by Crippen LogP contribution is 2.25. The van der Waals surface area contributed by atoms with Crippen LogP contribution >= 0.6 is 23.2 Å². The molecule has 106 valence electrons. The maximum absolute atomic E-state index is 13.3. The molecule has 0 aromatic heterocycles. The van der Waals surface area contributed by atoms with E-state index in [1.54, 1.807) is 12.1 Å². The molecule has 0 aliphatic carbocycles. The summed E-state index contributed by atoms with van der Waals surface area (Å²) in [6, 6.07) is 8.10. The summed E-state index contributed by atoms with van der Waals surface area (Å²) < 4.78 is 26.4. The second-order valence-electron chi connectivity index (χ2n) is 4.26. The van der Waals surface area contributed by atoms with Gasteiger partial charge in [0.15, 0.2) is 0 Å². The standard InChI is InChI=1S/C14H12Cl2F2N2/c15-9-4-10(17)6-11(5-9)20-14(7-19)8-1-2-13(18)12(16)3-8/h1-6,14,20H,7,19H2. The SMILES string of the molecule is NCC(Nc1cc(F)cc(Cl)c1)c1ccc(F)c(Cl)c1. The van der Waals surface area contributed by atoms with Crippen molar-refractivity contribution in [3.05, 3.63) is 63.6 Å². The zero-order valence-corrected chi connectivity index (χ0v) is 11.8. The van der Waals surface area contributed by atoms with Crippen LogP contribution in [0.25, 0.3) is 0 Å². The Balaban J connectivity index is 2.26.